The van der Waals surface area contributed by atoms with Crippen LogP contribution in [0.25, 0.3) is 11.0 Å². The maximum absolute atomic E-state index is 12.0. The van der Waals surface area contributed by atoms with Crippen LogP contribution in [0.15, 0.2) is 18.2 Å². The van der Waals surface area contributed by atoms with E-state index in [4.69, 9.17) is 16.3 Å². The first-order valence-electron chi connectivity index (χ1n) is 5.18. The van der Waals surface area contributed by atoms with Gasteiger partial charge in [-0.2, -0.15) is 0 Å². The molecule has 7 heteroatoms. The molecule has 0 atom stereocenters. The third kappa shape index (κ3) is 2.02. The number of carbonyl (C=O) groups excluding carboxylic acids is 1. The number of aromatic amines is 1. The summed E-state index contributed by atoms with van der Waals surface area (Å²) in [7, 11) is 0. The number of aromatic nitrogens is 2. The molecule has 0 fully saturated rings. The molecule has 2 rings (SSSR count). The molecule has 0 bridgehead atoms. The molecule has 1 aromatic carbocycles. The van der Waals surface area contributed by atoms with Gasteiger partial charge in [-0.3, -0.25) is 0 Å². The maximum atomic E-state index is 12.0. The van der Waals surface area contributed by atoms with Gasteiger partial charge < -0.3 is 14.8 Å². The van der Waals surface area contributed by atoms with E-state index in [9.17, 15) is 14.8 Å². The normalized spacial score (nSPS) is 10.6. The van der Waals surface area contributed by atoms with Crippen LogP contribution in [0.1, 0.15) is 17.4 Å². The fourth-order valence-corrected chi connectivity index (χ4v) is 1.73. The number of nitrogens with zero attached hydrogens (tertiary/aromatic N) is 1. The Kier molecular flexibility index (Phi) is 3.20. The number of aromatic hydroxyl groups is 1. The van der Waals surface area contributed by atoms with E-state index < -0.39 is 17.5 Å². The number of ether oxygens (including phenoxy) is 1. The summed E-state index contributed by atoms with van der Waals surface area (Å²) in [6.07, 6.45) is 0. The number of H-pyrrole nitrogens is 1. The van der Waals surface area contributed by atoms with Crippen LogP contribution in [0.5, 0.6) is 5.88 Å². The summed E-state index contributed by atoms with van der Waals surface area (Å²) in [5.41, 5.74) is 0.00918. The Labute approximate surface area is 106 Å². The van der Waals surface area contributed by atoms with Gasteiger partial charge in [0.25, 0.3) is 11.4 Å². The van der Waals surface area contributed by atoms with Crippen molar-refractivity contribution >= 4 is 28.6 Å². The van der Waals surface area contributed by atoms with Gasteiger partial charge in [0, 0.05) is 16.0 Å². The van der Waals surface area contributed by atoms with Crippen LogP contribution < -0.4 is 4.43 Å². The molecule has 0 radical (unpaired) electrons. The molecule has 1 aromatic heterocycles. The molecule has 0 amide bonds. The fraction of sp³-hybridized carbons (Fsp3) is 0.182. The van der Waals surface area contributed by atoms with Gasteiger partial charge in [-0.05, 0) is 19.1 Å². The first kappa shape index (κ1) is 12.4. The van der Waals surface area contributed by atoms with Crippen molar-refractivity contribution in [2.75, 3.05) is 6.61 Å². The molecule has 1 heterocycles. The number of carbonyl (C=O) groups is 1. The average molecular weight is 270 g/mol. The van der Waals surface area contributed by atoms with E-state index in [0.717, 1.165) is 0 Å². The summed E-state index contributed by atoms with van der Waals surface area (Å²) < 4.78 is 4.99. The SMILES string of the molecule is CCOC(=O)c1c(O)[nH]c2ccc(Cl)cc2[n+]1=O. The lowest BCUT2D eigenvalue weighted by Crippen LogP contribution is -2.28. The van der Waals surface area contributed by atoms with Gasteiger partial charge in [0.2, 0.25) is 0 Å². The number of halogens is 1. The summed E-state index contributed by atoms with van der Waals surface area (Å²) >= 11 is 5.78. The van der Waals surface area contributed by atoms with Crippen LogP contribution in [0.4, 0.5) is 0 Å². The summed E-state index contributed by atoms with van der Waals surface area (Å²) in [6.45, 7) is 1.71. The van der Waals surface area contributed by atoms with Gasteiger partial charge in [-0.1, -0.05) is 11.6 Å². The smallest absolute Gasteiger partial charge is 0.414 e. The monoisotopic (exact) mass is 269 g/mol. The van der Waals surface area contributed by atoms with Crippen molar-refractivity contribution in [2.45, 2.75) is 6.92 Å². The topological polar surface area (TPSA) is 85.3 Å². The molecule has 6 nitrogen and oxygen atoms in total. The average Bonchev–Trinajstić information content (AvgIpc) is 2.31. The predicted molar refractivity (Wildman–Crippen MR) is 64.3 cm³/mol. The zero-order chi connectivity index (χ0) is 13.3. The summed E-state index contributed by atoms with van der Waals surface area (Å²) in [4.78, 5) is 26.1. The molecule has 0 saturated heterocycles. The molecule has 0 aliphatic rings. The van der Waals surface area contributed by atoms with Crippen LogP contribution in [0, 0.1) is 4.91 Å². The Morgan fingerprint density at radius 1 is 1.56 bits per heavy atom. The second-order valence-electron chi connectivity index (χ2n) is 3.50. The molecule has 0 spiro atoms. The lowest BCUT2D eigenvalue weighted by Gasteiger charge is -1.99. The van der Waals surface area contributed by atoms with Crippen LogP contribution in [-0.4, -0.2) is 22.7 Å². The van der Waals surface area contributed by atoms with Gasteiger partial charge in [0.05, 0.1) is 11.0 Å². The second kappa shape index (κ2) is 4.66. The number of fused-ring (bicyclic) bond motifs is 1. The largest absolute Gasteiger partial charge is 0.490 e. The molecule has 2 aromatic rings. The molecule has 0 aliphatic heterocycles. The van der Waals surface area contributed by atoms with Crippen molar-refractivity contribution in [2.24, 2.45) is 0 Å². The van der Waals surface area contributed by atoms with Gasteiger partial charge in [-0.15, -0.1) is 0 Å². The van der Waals surface area contributed by atoms with Crippen molar-refractivity contribution in [1.82, 2.24) is 4.98 Å². The number of hydrogen-bond donors (Lipinski definition) is 2. The number of hydrogen-bond acceptors (Lipinski definition) is 4. The molecule has 0 aliphatic carbocycles. The summed E-state index contributed by atoms with van der Waals surface area (Å²) in [6, 6.07) is 4.48. The van der Waals surface area contributed by atoms with Crippen molar-refractivity contribution in [3.63, 3.8) is 0 Å². The van der Waals surface area contributed by atoms with Crippen LogP contribution in [0.2, 0.25) is 5.02 Å². The highest BCUT2D eigenvalue weighted by Crippen LogP contribution is 2.19. The molecular weight excluding hydrogens is 260 g/mol. The highest BCUT2D eigenvalue weighted by molar-refractivity contribution is 6.31. The third-order valence-corrected chi connectivity index (χ3v) is 2.56. The van der Waals surface area contributed by atoms with E-state index in [0.29, 0.717) is 15.0 Å². The van der Waals surface area contributed by atoms with Crippen molar-refractivity contribution in [3.8, 4) is 5.88 Å². The predicted octanol–water partition coefficient (Wildman–Crippen LogP) is 1.62. The zero-order valence-corrected chi connectivity index (χ0v) is 10.2. The first-order chi connectivity index (χ1) is 8.54. The van der Waals surface area contributed by atoms with E-state index >= 15 is 0 Å². The minimum absolute atomic E-state index is 0.103. The van der Waals surface area contributed by atoms with Gasteiger partial charge in [0.15, 0.2) is 0 Å². The van der Waals surface area contributed by atoms with Crippen LogP contribution in [-0.2, 0) is 4.74 Å². The first-order valence-corrected chi connectivity index (χ1v) is 5.56. The Balaban J connectivity index is 2.75. The quantitative estimate of drug-likeness (QED) is 0.641. The van der Waals surface area contributed by atoms with E-state index in [2.05, 4.69) is 4.98 Å². The van der Waals surface area contributed by atoms with E-state index in [1.54, 1.807) is 13.0 Å². The summed E-state index contributed by atoms with van der Waals surface area (Å²) in [5.74, 6) is -1.44. The number of benzene rings is 1. The van der Waals surface area contributed by atoms with Gasteiger partial charge in [-0.25, -0.2) is 4.79 Å². The van der Waals surface area contributed by atoms with E-state index in [1.807, 2.05) is 0 Å². The fourth-order valence-electron chi connectivity index (χ4n) is 1.56. The Morgan fingerprint density at radius 3 is 2.94 bits per heavy atom. The minimum atomic E-state index is -0.900. The Bertz CT molecular complexity index is 681. The van der Waals surface area contributed by atoms with Crippen LogP contribution in [0.3, 0.4) is 0 Å². The second-order valence-corrected chi connectivity index (χ2v) is 3.93. The van der Waals surface area contributed by atoms with Crippen molar-refractivity contribution in [3.05, 3.63) is 33.8 Å². The molecule has 0 saturated carbocycles. The van der Waals surface area contributed by atoms with E-state index in [-0.39, 0.29) is 12.1 Å². The van der Waals surface area contributed by atoms with E-state index in [1.165, 1.54) is 12.1 Å². The zero-order valence-electron chi connectivity index (χ0n) is 9.44. The minimum Gasteiger partial charge on any atom is -0.490 e. The molecule has 18 heavy (non-hydrogen) atoms. The van der Waals surface area contributed by atoms with Crippen molar-refractivity contribution < 1.29 is 19.1 Å². The standard InChI is InChI=1S/C11H9ClN2O4/c1-2-18-11(16)9-10(15)13-7-4-3-6(12)5-8(7)14(9)17/h3-5H,2H2,1H3,(H-,13,15,16,17)/p+1. The Morgan fingerprint density at radius 2 is 2.28 bits per heavy atom. The number of esters is 1. The lowest BCUT2D eigenvalue weighted by molar-refractivity contribution is -0.469. The Hall–Kier alpha value is -2.08. The third-order valence-electron chi connectivity index (χ3n) is 2.33. The highest BCUT2D eigenvalue weighted by Gasteiger charge is 2.29. The highest BCUT2D eigenvalue weighted by atomic mass is 35.5. The number of nitrogens with one attached hydrogen (secondary N) is 1. The van der Waals surface area contributed by atoms with Crippen molar-refractivity contribution in [1.29, 1.82) is 0 Å². The summed E-state index contributed by atoms with van der Waals surface area (Å²) in [5, 5.41) is 9.99. The van der Waals surface area contributed by atoms with Gasteiger partial charge >= 0.3 is 11.7 Å². The molecule has 94 valence electrons. The molecule has 0 unspecified atom stereocenters. The van der Waals surface area contributed by atoms with Gasteiger partial charge in [0.1, 0.15) is 5.52 Å². The molecule has 2 N–H and O–H groups in total. The number of rotatable bonds is 2. The maximum Gasteiger partial charge on any atom is 0.414 e. The van der Waals surface area contributed by atoms with Crippen LogP contribution >= 0.6 is 11.6 Å². The lowest BCUT2D eigenvalue weighted by atomic mass is 10.3. The molecular formula is C11H10ClN2O4+.